The number of amides is 2. The topological polar surface area (TPSA) is 95.6 Å². The molecule has 30 heavy (non-hydrogen) atoms. The zero-order valence-corrected chi connectivity index (χ0v) is 17.0. The molecule has 0 heterocycles. The van der Waals surface area contributed by atoms with Crippen molar-refractivity contribution in [1.29, 1.82) is 0 Å². The van der Waals surface area contributed by atoms with Gasteiger partial charge in [0.05, 0.1) is 11.4 Å². The third-order valence-corrected chi connectivity index (χ3v) is 5.79. The maximum atomic E-state index is 12.6. The van der Waals surface area contributed by atoms with Crippen LogP contribution in [0.1, 0.15) is 15.9 Å². The van der Waals surface area contributed by atoms with Crippen LogP contribution in [-0.4, -0.2) is 50.9 Å². The molecule has 0 unspecified atom stereocenters. The van der Waals surface area contributed by atoms with Gasteiger partial charge >= 0.3 is 6.18 Å². The Morgan fingerprint density at radius 3 is 2.10 bits per heavy atom. The summed E-state index contributed by atoms with van der Waals surface area (Å²) in [6.07, 6.45) is -4.55. The van der Waals surface area contributed by atoms with Crippen molar-refractivity contribution >= 4 is 27.5 Å². The maximum absolute atomic E-state index is 12.6. The van der Waals surface area contributed by atoms with E-state index >= 15 is 0 Å². The van der Waals surface area contributed by atoms with Gasteiger partial charge in [-0.15, -0.1) is 0 Å². The largest absolute Gasteiger partial charge is 0.405 e. The summed E-state index contributed by atoms with van der Waals surface area (Å²) < 4.78 is 62.5. The van der Waals surface area contributed by atoms with Gasteiger partial charge in [0.1, 0.15) is 6.54 Å². The van der Waals surface area contributed by atoms with E-state index in [0.29, 0.717) is 5.69 Å². The average molecular weight is 443 g/mol. The first-order valence-electron chi connectivity index (χ1n) is 8.66. The van der Waals surface area contributed by atoms with Crippen LogP contribution >= 0.6 is 0 Å². The van der Waals surface area contributed by atoms with Crippen molar-refractivity contribution in [3.63, 3.8) is 0 Å². The minimum absolute atomic E-state index is 0.127. The SMILES string of the molecule is Cc1ccc(NC(=O)CN(C)S(=O)(=O)c2ccc(C(=O)NCC(F)(F)F)cc2)cc1. The molecule has 0 spiro atoms. The van der Waals surface area contributed by atoms with Gasteiger partial charge in [0.2, 0.25) is 15.9 Å². The van der Waals surface area contributed by atoms with E-state index in [-0.39, 0.29) is 10.5 Å². The van der Waals surface area contributed by atoms with Crippen LogP contribution in [0.25, 0.3) is 0 Å². The van der Waals surface area contributed by atoms with Crippen LogP contribution in [0.3, 0.4) is 0 Å². The van der Waals surface area contributed by atoms with Crippen molar-refractivity contribution in [2.24, 2.45) is 0 Å². The average Bonchev–Trinajstić information content (AvgIpc) is 2.67. The number of sulfonamides is 1. The summed E-state index contributed by atoms with van der Waals surface area (Å²) in [5.74, 6) is -1.53. The Morgan fingerprint density at radius 1 is 1.00 bits per heavy atom. The summed E-state index contributed by atoms with van der Waals surface area (Å²) in [7, 11) is -2.83. The standard InChI is InChI=1S/C19H20F3N3O4S/c1-13-3-7-15(8-4-13)24-17(26)11-25(2)30(28,29)16-9-5-14(6-10-16)18(27)23-12-19(20,21)22/h3-10H,11-12H2,1-2H3,(H,23,27)(H,24,26). The number of carbonyl (C=O) groups excluding carboxylic acids is 2. The quantitative estimate of drug-likeness (QED) is 0.688. The predicted molar refractivity (Wildman–Crippen MR) is 104 cm³/mol. The van der Waals surface area contributed by atoms with Crippen molar-refractivity contribution in [3.8, 4) is 0 Å². The Hall–Kier alpha value is -2.92. The van der Waals surface area contributed by atoms with Crippen molar-refractivity contribution in [3.05, 3.63) is 59.7 Å². The van der Waals surface area contributed by atoms with Crippen LogP contribution in [0.15, 0.2) is 53.4 Å². The highest BCUT2D eigenvalue weighted by Gasteiger charge is 2.28. The molecule has 0 saturated carbocycles. The van der Waals surface area contributed by atoms with Crippen molar-refractivity contribution in [1.82, 2.24) is 9.62 Å². The Bertz CT molecular complexity index is 1000. The first-order chi connectivity index (χ1) is 13.9. The molecule has 2 N–H and O–H groups in total. The van der Waals surface area contributed by atoms with Gasteiger partial charge < -0.3 is 10.6 Å². The third-order valence-electron chi connectivity index (χ3n) is 3.98. The molecule has 2 amide bonds. The second-order valence-corrected chi connectivity index (χ2v) is 8.54. The number of alkyl halides is 3. The number of aryl methyl sites for hydroxylation is 1. The molecule has 0 radical (unpaired) electrons. The lowest BCUT2D eigenvalue weighted by Gasteiger charge is -2.17. The number of hydrogen-bond donors (Lipinski definition) is 2. The van der Waals surface area contributed by atoms with E-state index in [2.05, 4.69) is 5.32 Å². The Labute approximate surface area is 171 Å². The molecular weight excluding hydrogens is 423 g/mol. The molecule has 0 aliphatic heterocycles. The molecule has 162 valence electrons. The van der Waals surface area contributed by atoms with Crippen molar-refractivity contribution < 1.29 is 31.2 Å². The fourth-order valence-corrected chi connectivity index (χ4v) is 3.49. The molecule has 0 bridgehead atoms. The molecule has 0 aliphatic rings. The van der Waals surface area contributed by atoms with E-state index in [1.54, 1.807) is 29.6 Å². The van der Waals surface area contributed by atoms with E-state index < -0.39 is 41.1 Å². The van der Waals surface area contributed by atoms with Crippen LogP contribution in [0, 0.1) is 6.92 Å². The molecule has 2 rings (SSSR count). The van der Waals surface area contributed by atoms with Crippen molar-refractivity contribution in [2.75, 3.05) is 25.5 Å². The van der Waals surface area contributed by atoms with Gasteiger partial charge in [-0.2, -0.15) is 17.5 Å². The van der Waals surface area contributed by atoms with E-state index in [9.17, 15) is 31.2 Å². The lowest BCUT2D eigenvalue weighted by molar-refractivity contribution is -0.123. The normalized spacial score (nSPS) is 11.9. The molecule has 0 fully saturated rings. The third kappa shape index (κ3) is 6.56. The minimum atomic E-state index is -4.55. The number of hydrogen-bond acceptors (Lipinski definition) is 4. The second kappa shape index (κ2) is 9.26. The van der Waals surface area contributed by atoms with Gasteiger partial charge in [-0.3, -0.25) is 9.59 Å². The van der Waals surface area contributed by atoms with E-state index in [1.165, 1.54) is 7.05 Å². The first kappa shape index (κ1) is 23.4. The summed E-state index contributed by atoms with van der Waals surface area (Å²) in [4.78, 5) is 23.6. The molecule has 0 atom stereocenters. The molecule has 0 aliphatic carbocycles. The van der Waals surface area contributed by atoms with E-state index in [1.807, 2.05) is 6.92 Å². The van der Waals surface area contributed by atoms with Crippen LogP contribution in [-0.2, 0) is 14.8 Å². The smallest absolute Gasteiger partial charge is 0.343 e. The summed E-state index contributed by atoms with van der Waals surface area (Å²) in [5.41, 5.74) is 1.40. The van der Waals surface area contributed by atoms with Crippen LogP contribution in [0.2, 0.25) is 0 Å². The fourth-order valence-electron chi connectivity index (χ4n) is 2.37. The summed E-state index contributed by atoms with van der Waals surface area (Å²) in [5, 5.41) is 4.28. The molecular formula is C19H20F3N3O4S. The fraction of sp³-hybridized carbons (Fsp3) is 0.263. The van der Waals surface area contributed by atoms with E-state index in [0.717, 1.165) is 34.1 Å². The Kier molecular flexibility index (Phi) is 7.21. The van der Waals surface area contributed by atoms with Gasteiger partial charge in [0.25, 0.3) is 5.91 Å². The molecule has 0 saturated heterocycles. The minimum Gasteiger partial charge on any atom is -0.343 e. The number of nitrogens with zero attached hydrogens (tertiary/aromatic N) is 1. The van der Waals surface area contributed by atoms with E-state index in [4.69, 9.17) is 0 Å². The van der Waals surface area contributed by atoms with Gasteiger partial charge in [0, 0.05) is 18.3 Å². The summed E-state index contributed by atoms with van der Waals surface area (Å²) in [6.45, 7) is -0.0636. The van der Waals surface area contributed by atoms with Gasteiger partial charge in [-0.1, -0.05) is 17.7 Å². The highest BCUT2D eigenvalue weighted by Crippen LogP contribution is 2.17. The molecule has 0 aromatic heterocycles. The van der Waals surface area contributed by atoms with Crippen molar-refractivity contribution in [2.45, 2.75) is 18.0 Å². The molecule has 7 nitrogen and oxygen atoms in total. The zero-order valence-electron chi connectivity index (χ0n) is 16.2. The number of halogens is 3. The number of likely N-dealkylation sites (N-methyl/N-ethyl adjacent to an activating group) is 1. The number of nitrogens with one attached hydrogen (secondary N) is 2. The van der Waals surface area contributed by atoms with Crippen LogP contribution in [0.5, 0.6) is 0 Å². The summed E-state index contributed by atoms with van der Waals surface area (Å²) >= 11 is 0. The Balaban J connectivity index is 2.02. The predicted octanol–water partition coefficient (Wildman–Crippen LogP) is 2.55. The number of carbonyl (C=O) groups is 2. The maximum Gasteiger partial charge on any atom is 0.405 e. The lowest BCUT2D eigenvalue weighted by Crippen LogP contribution is -2.35. The first-order valence-corrected chi connectivity index (χ1v) is 10.1. The second-order valence-electron chi connectivity index (χ2n) is 6.50. The number of anilines is 1. The van der Waals surface area contributed by atoms with Gasteiger partial charge in [0.15, 0.2) is 0 Å². The van der Waals surface area contributed by atoms with Crippen LogP contribution in [0.4, 0.5) is 18.9 Å². The summed E-state index contributed by atoms with van der Waals surface area (Å²) in [6, 6.07) is 11.3. The molecule has 2 aromatic rings. The molecule has 11 heteroatoms. The number of rotatable bonds is 7. The lowest BCUT2D eigenvalue weighted by atomic mass is 10.2. The van der Waals surface area contributed by atoms with Gasteiger partial charge in [-0.25, -0.2) is 8.42 Å². The van der Waals surface area contributed by atoms with Gasteiger partial charge in [-0.05, 0) is 43.3 Å². The monoisotopic (exact) mass is 443 g/mol. The number of benzene rings is 2. The molecule has 2 aromatic carbocycles. The van der Waals surface area contributed by atoms with Crippen LogP contribution < -0.4 is 10.6 Å². The zero-order chi connectivity index (χ0) is 22.5. The Morgan fingerprint density at radius 2 is 1.57 bits per heavy atom. The highest BCUT2D eigenvalue weighted by molar-refractivity contribution is 7.89. The highest BCUT2D eigenvalue weighted by atomic mass is 32.2.